The normalized spacial score (nSPS) is 23.2. The van der Waals surface area contributed by atoms with Gasteiger partial charge in [0.05, 0.1) is 0 Å². The third kappa shape index (κ3) is 3.94. The zero-order valence-corrected chi connectivity index (χ0v) is 11.0. The number of hydrogen-bond acceptors (Lipinski definition) is 3. The van der Waals surface area contributed by atoms with Crippen molar-refractivity contribution in [2.75, 3.05) is 25.0 Å². The first-order chi connectivity index (χ1) is 9.19. The molecule has 0 aromatic heterocycles. The Labute approximate surface area is 113 Å². The smallest absolute Gasteiger partial charge is 0.321 e. The number of benzene rings is 1. The summed E-state index contributed by atoms with van der Waals surface area (Å²) in [5.74, 6) is 0.287. The van der Waals surface area contributed by atoms with Gasteiger partial charge in [-0.15, -0.1) is 0 Å². The summed E-state index contributed by atoms with van der Waals surface area (Å²) in [5.41, 5.74) is 6.76. The number of carbonyl (C=O) groups is 1. The number of nitrogens with two attached hydrogens (primary N) is 1. The zero-order chi connectivity index (χ0) is 13.7. The van der Waals surface area contributed by atoms with E-state index in [1.54, 1.807) is 4.90 Å². The van der Waals surface area contributed by atoms with Crippen LogP contribution in [0.3, 0.4) is 0 Å². The number of rotatable bonds is 3. The maximum Gasteiger partial charge on any atom is 0.321 e. The van der Waals surface area contributed by atoms with Gasteiger partial charge in [-0.05, 0) is 30.9 Å². The number of nitrogens with zero attached hydrogens (tertiary/aromatic N) is 1. The second kappa shape index (κ2) is 6.54. The van der Waals surface area contributed by atoms with Crippen LogP contribution in [0.4, 0.5) is 10.5 Å². The van der Waals surface area contributed by atoms with E-state index >= 15 is 0 Å². The van der Waals surface area contributed by atoms with Crippen LogP contribution in [0.15, 0.2) is 30.3 Å². The Balaban J connectivity index is 1.94. The van der Waals surface area contributed by atoms with E-state index in [0.717, 1.165) is 12.1 Å². The van der Waals surface area contributed by atoms with Crippen molar-refractivity contribution in [3.8, 4) is 0 Å². The molecule has 0 bridgehead atoms. The highest BCUT2D eigenvalue weighted by molar-refractivity contribution is 5.89. The number of piperidine rings is 1. The van der Waals surface area contributed by atoms with Gasteiger partial charge in [-0.3, -0.25) is 0 Å². The molecule has 1 aromatic carbocycles. The molecule has 5 heteroatoms. The van der Waals surface area contributed by atoms with Crippen LogP contribution >= 0.6 is 0 Å². The van der Waals surface area contributed by atoms with Gasteiger partial charge < -0.3 is 21.1 Å². The quantitative estimate of drug-likeness (QED) is 0.768. The highest BCUT2D eigenvalue weighted by Gasteiger charge is 2.27. The number of urea groups is 1. The van der Waals surface area contributed by atoms with E-state index in [1.165, 1.54) is 0 Å². The number of para-hydroxylation sites is 1. The molecule has 0 saturated carbocycles. The van der Waals surface area contributed by atoms with Crippen LogP contribution in [0.5, 0.6) is 0 Å². The molecule has 19 heavy (non-hydrogen) atoms. The van der Waals surface area contributed by atoms with Crippen molar-refractivity contribution >= 4 is 11.7 Å². The summed E-state index contributed by atoms with van der Waals surface area (Å²) in [6.45, 7) is 1.37. The Morgan fingerprint density at radius 1 is 1.37 bits per heavy atom. The molecule has 104 valence electrons. The Bertz CT molecular complexity index is 410. The predicted molar refractivity (Wildman–Crippen MR) is 74.8 cm³/mol. The van der Waals surface area contributed by atoms with E-state index in [0.29, 0.717) is 19.5 Å². The van der Waals surface area contributed by atoms with Crippen molar-refractivity contribution in [3.05, 3.63) is 30.3 Å². The van der Waals surface area contributed by atoms with E-state index in [2.05, 4.69) is 5.32 Å². The van der Waals surface area contributed by atoms with Gasteiger partial charge in [-0.2, -0.15) is 0 Å². The molecule has 5 nitrogen and oxygen atoms in total. The second-order valence-electron chi connectivity index (χ2n) is 5.08. The van der Waals surface area contributed by atoms with Crippen molar-refractivity contribution in [1.29, 1.82) is 0 Å². The fourth-order valence-corrected chi connectivity index (χ4v) is 2.53. The molecule has 0 aliphatic carbocycles. The van der Waals surface area contributed by atoms with Crippen molar-refractivity contribution in [1.82, 2.24) is 4.90 Å². The van der Waals surface area contributed by atoms with E-state index in [4.69, 9.17) is 10.8 Å². The van der Waals surface area contributed by atoms with Crippen LogP contribution in [0.25, 0.3) is 0 Å². The summed E-state index contributed by atoms with van der Waals surface area (Å²) in [7, 11) is 0. The molecule has 1 fully saturated rings. The predicted octanol–water partition coefficient (Wildman–Crippen LogP) is 1.25. The van der Waals surface area contributed by atoms with Gasteiger partial charge in [0.2, 0.25) is 0 Å². The number of likely N-dealkylation sites (tertiary alicyclic amines) is 1. The van der Waals surface area contributed by atoms with Gasteiger partial charge in [0.15, 0.2) is 0 Å². The first-order valence-electron chi connectivity index (χ1n) is 6.66. The number of nitrogens with one attached hydrogen (secondary N) is 1. The van der Waals surface area contributed by atoms with Gasteiger partial charge in [0.1, 0.15) is 0 Å². The van der Waals surface area contributed by atoms with Crippen molar-refractivity contribution < 1.29 is 9.90 Å². The maximum absolute atomic E-state index is 12.2. The summed E-state index contributed by atoms with van der Waals surface area (Å²) < 4.78 is 0. The molecule has 2 unspecified atom stereocenters. The van der Waals surface area contributed by atoms with Gasteiger partial charge in [0.25, 0.3) is 0 Å². The number of hydrogen-bond donors (Lipinski definition) is 3. The molecule has 1 aliphatic rings. The van der Waals surface area contributed by atoms with E-state index < -0.39 is 0 Å². The topological polar surface area (TPSA) is 78.6 Å². The lowest BCUT2D eigenvalue weighted by Crippen LogP contribution is -2.50. The second-order valence-corrected chi connectivity index (χ2v) is 5.08. The summed E-state index contributed by atoms with van der Waals surface area (Å²) in [4.78, 5) is 13.9. The van der Waals surface area contributed by atoms with Crippen LogP contribution < -0.4 is 11.1 Å². The zero-order valence-electron chi connectivity index (χ0n) is 11.0. The van der Waals surface area contributed by atoms with Gasteiger partial charge in [-0.25, -0.2) is 4.79 Å². The fraction of sp³-hybridized carbons (Fsp3) is 0.500. The lowest BCUT2D eigenvalue weighted by atomic mass is 9.92. The summed E-state index contributed by atoms with van der Waals surface area (Å²) in [6, 6.07) is 9.25. The van der Waals surface area contributed by atoms with Gasteiger partial charge in [0, 0.05) is 31.4 Å². The van der Waals surface area contributed by atoms with E-state index in [-0.39, 0.29) is 24.6 Å². The van der Waals surface area contributed by atoms with Gasteiger partial charge >= 0.3 is 6.03 Å². The number of aliphatic hydroxyl groups is 1. The Kier molecular flexibility index (Phi) is 4.76. The molecular weight excluding hydrogens is 242 g/mol. The monoisotopic (exact) mass is 263 g/mol. The summed E-state index contributed by atoms with van der Waals surface area (Å²) >= 11 is 0. The van der Waals surface area contributed by atoms with Crippen molar-refractivity contribution in [3.63, 3.8) is 0 Å². The lowest BCUT2D eigenvalue weighted by Gasteiger charge is -2.36. The standard InChI is InChI=1S/C14H21N3O2/c15-12-8-11(6-7-18)9-17(10-12)14(19)16-13-4-2-1-3-5-13/h1-5,11-12,18H,6-10,15H2,(H,16,19). The molecule has 1 heterocycles. The summed E-state index contributed by atoms with van der Waals surface area (Å²) in [6.07, 6.45) is 1.57. The molecule has 1 aromatic rings. The average Bonchev–Trinajstić information content (AvgIpc) is 2.39. The van der Waals surface area contributed by atoms with Crippen LogP contribution in [0.1, 0.15) is 12.8 Å². The lowest BCUT2D eigenvalue weighted by molar-refractivity contribution is 0.148. The minimum absolute atomic E-state index is 0.00757. The number of anilines is 1. The molecule has 1 saturated heterocycles. The maximum atomic E-state index is 12.2. The first kappa shape index (κ1) is 13.8. The Hall–Kier alpha value is -1.59. The van der Waals surface area contributed by atoms with Crippen LogP contribution in [-0.4, -0.2) is 41.8 Å². The Morgan fingerprint density at radius 3 is 2.79 bits per heavy atom. The molecule has 0 radical (unpaired) electrons. The van der Waals surface area contributed by atoms with Crippen LogP contribution in [0, 0.1) is 5.92 Å². The molecule has 4 N–H and O–H groups in total. The molecular formula is C14H21N3O2. The minimum Gasteiger partial charge on any atom is -0.396 e. The minimum atomic E-state index is -0.121. The Morgan fingerprint density at radius 2 is 2.11 bits per heavy atom. The summed E-state index contributed by atoms with van der Waals surface area (Å²) in [5, 5.41) is 11.9. The molecule has 0 spiro atoms. The third-order valence-corrected chi connectivity index (χ3v) is 3.42. The van der Waals surface area contributed by atoms with Crippen LogP contribution in [-0.2, 0) is 0 Å². The number of amides is 2. The van der Waals surface area contributed by atoms with Crippen molar-refractivity contribution in [2.45, 2.75) is 18.9 Å². The SMILES string of the molecule is NC1CC(CCO)CN(C(=O)Nc2ccccc2)C1. The molecule has 2 rings (SSSR count). The van der Waals surface area contributed by atoms with E-state index in [9.17, 15) is 4.79 Å². The van der Waals surface area contributed by atoms with Crippen LogP contribution in [0.2, 0.25) is 0 Å². The number of aliphatic hydroxyl groups excluding tert-OH is 1. The highest BCUT2D eigenvalue weighted by Crippen LogP contribution is 2.19. The fourth-order valence-electron chi connectivity index (χ4n) is 2.53. The highest BCUT2D eigenvalue weighted by atomic mass is 16.3. The van der Waals surface area contributed by atoms with E-state index in [1.807, 2.05) is 30.3 Å². The average molecular weight is 263 g/mol. The van der Waals surface area contributed by atoms with Gasteiger partial charge in [-0.1, -0.05) is 18.2 Å². The largest absolute Gasteiger partial charge is 0.396 e. The van der Waals surface area contributed by atoms with Crippen molar-refractivity contribution in [2.24, 2.45) is 11.7 Å². The number of carbonyl (C=O) groups excluding carboxylic acids is 1. The molecule has 1 aliphatic heterocycles. The molecule has 2 amide bonds. The first-order valence-corrected chi connectivity index (χ1v) is 6.66. The third-order valence-electron chi connectivity index (χ3n) is 3.42. The molecule has 2 atom stereocenters.